The summed E-state index contributed by atoms with van der Waals surface area (Å²) in [5.41, 5.74) is 0. The first-order valence-electron chi connectivity index (χ1n) is 5.77. The molecule has 0 saturated carbocycles. The summed E-state index contributed by atoms with van der Waals surface area (Å²) in [6, 6.07) is 0. The van der Waals surface area contributed by atoms with Gasteiger partial charge in [-0.25, -0.2) is 0 Å². The molecule has 0 aromatic carbocycles. The zero-order chi connectivity index (χ0) is 11.0. The lowest BCUT2D eigenvalue weighted by atomic mass is 10.1. The molecule has 2 nitrogen and oxygen atoms in total. The highest BCUT2D eigenvalue weighted by Crippen LogP contribution is 2.08. The molecule has 0 aromatic heterocycles. The fourth-order valence-corrected chi connectivity index (χ4v) is 1.93. The zero-order valence-corrected chi connectivity index (χ0v) is 11.2. The van der Waals surface area contributed by atoms with Gasteiger partial charge in [0.1, 0.15) is 0 Å². The highest BCUT2D eigenvalue weighted by atomic mass is 28.4. The van der Waals surface area contributed by atoms with Crippen LogP contribution >= 0.6 is 0 Å². The molecule has 0 aliphatic carbocycles. The summed E-state index contributed by atoms with van der Waals surface area (Å²) in [4.78, 5) is 0. The third kappa shape index (κ3) is 10.2. The van der Waals surface area contributed by atoms with Crippen molar-refractivity contribution in [1.82, 2.24) is 0 Å². The molecule has 0 aliphatic rings. The lowest BCUT2D eigenvalue weighted by molar-refractivity contribution is 0.0942. The van der Waals surface area contributed by atoms with Crippen molar-refractivity contribution >= 4 is 8.32 Å². The Bertz CT molecular complexity index is 132. The number of aliphatic hydroxyl groups is 1. The van der Waals surface area contributed by atoms with E-state index in [9.17, 15) is 5.11 Å². The van der Waals surface area contributed by atoms with Gasteiger partial charge in [0.25, 0.3) is 0 Å². The number of unbranched alkanes of at least 4 members (excludes halogenated alkanes) is 3. The number of hydrogen-bond donors (Lipinski definition) is 1. The average Bonchev–Trinajstić information content (AvgIpc) is 2.08. The normalized spacial score (nSPS) is 14.4. The fourth-order valence-electron chi connectivity index (χ4n) is 1.24. The predicted octanol–water partition coefficient (Wildman–Crippen LogP) is 3.17. The van der Waals surface area contributed by atoms with E-state index in [4.69, 9.17) is 4.43 Å². The van der Waals surface area contributed by atoms with Crippen LogP contribution in [0.3, 0.4) is 0 Å². The molecule has 0 heterocycles. The zero-order valence-electron chi connectivity index (χ0n) is 10.2. The second-order valence-electron chi connectivity index (χ2n) is 4.93. The molecule has 0 aliphatic heterocycles. The molecule has 0 fully saturated rings. The minimum atomic E-state index is -1.43. The Kier molecular flexibility index (Phi) is 7.50. The summed E-state index contributed by atoms with van der Waals surface area (Å²) in [6.45, 7) is 9.18. The van der Waals surface area contributed by atoms with Crippen LogP contribution in [-0.2, 0) is 4.43 Å². The molecule has 0 aromatic rings. The lowest BCUT2D eigenvalue weighted by Crippen LogP contribution is -2.30. The summed E-state index contributed by atoms with van der Waals surface area (Å²) in [5.74, 6) is 0. The Labute approximate surface area is 89.8 Å². The number of hydrogen-bond acceptors (Lipinski definition) is 2. The van der Waals surface area contributed by atoms with Crippen molar-refractivity contribution in [3.8, 4) is 0 Å². The standard InChI is InChI=1S/C11H26O2Si/c1-5-6-7-8-9-11(12)10-13-14(2,3)4/h11-12H,5-10H2,1-4H3. The van der Waals surface area contributed by atoms with E-state index in [-0.39, 0.29) is 6.10 Å². The van der Waals surface area contributed by atoms with Gasteiger partial charge in [-0.2, -0.15) is 0 Å². The first-order valence-corrected chi connectivity index (χ1v) is 9.18. The molecule has 1 unspecified atom stereocenters. The maximum atomic E-state index is 9.61. The third-order valence-corrected chi connectivity index (χ3v) is 3.13. The van der Waals surface area contributed by atoms with Crippen molar-refractivity contribution in [1.29, 1.82) is 0 Å². The monoisotopic (exact) mass is 218 g/mol. The van der Waals surface area contributed by atoms with E-state index < -0.39 is 8.32 Å². The van der Waals surface area contributed by atoms with Gasteiger partial charge in [0.15, 0.2) is 8.32 Å². The molecule has 0 spiro atoms. The van der Waals surface area contributed by atoms with Crippen LogP contribution in [0, 0.1) is 0 Å². The molecule has 0 saturated heterocycles. The van der Waals surface area contributed by atoms with Crippen molar-refractivity contribution in [2.75, 3.05) is 6.61 Å². The minimum Gasteiger partial charge on any atom is -0.415 e. The first-order chi connectivity index (χ1) is 6.45. The molecule has 0 bridgehead atoms. The van der Waals surface area contributed by atoms with E-state index in [1.54, 1.807) is 0 Å². The molecule has 1 atom stereocenters. The second kappa shape index (κ2) is 7.43. The van der Waals surface area contributed by atoms with Gasteiger partial charge in [-0.3, -0.25) is 0 Å². The molecule has 0 amide bonds. The van der Waals surface area contributed by atoms with Crippen molar-refractivity contribution < 1.29 is 9.53 Å². The van der Waals surface area contributed by atoms with Crippen LogP contribution < -0.4 is 0 Å². The van der Waals surface area contributed by atoms with Crippen molar-refractivity contribution in [3.05, 3.63) is 0 Å². The molecule has 1 N–H and O–H groups in total. The van der Waals surface area contributed by atoms with Crippen LogP contribution in [0.15, 0.2) is 0 Å². The molecule has 86 valence electrons. The maximum Gasteiger partial charge on any atom is 0.183 e. The van der Waals surface area contributed by atoms with Gasteiger partial charge in [-0.05, 0) is 26.1 Å². The predicted molar refractivity (Wildman–Crippen MR) is 64.1 cm³/mol. The van der Waals surface area contributed by atoms with Gasteiger partial charge in [0, 0.05) is 0 Å². The third-order valence-electron chi connectivity index (χ3n) is 2.10. The lowest BCUT2D eigenvalue weighted by Gasteiger charge is -2.20. The van der Waals surface area contributed by atoms with Crippen molar-refractivity contribution in [2.24, 2.45) is 0 Å². The summed E-state index contributed by atoms with van der Waals surface area (Å²) in [7, 11) is -1.43. The summed E-state index contributed by atoms with van der Waals surface area (Å²) in [5, 5.41) is 9.61. The van der Waals surface area contributed by atoms with Crippen LogP contribution in [0.5, 0.6) is 0 Å². The Balaban J connectivity index is 3.32. The highest BCUT2D eigenvalue weighted by molar-refractivity contribution is 6.69. The smallest absolute Gasteiger partial charge is 0.183 e. The summed E-state index contributed by atoms with van der Waals surface area (Å²) < 4.78 is 5.64. The van der Waals surface area contributed by atoms with Gasteiger partial charge in [0.05, 0.1) is 12.7 Å². The highest BCUT2D eigenvalue weighted by Gasteiger charge is 2.16. The number of aliphatic hydroxyl groups excluding tert-OH is 1. The van der Waals surface area contributed by atoms with Gasteiger partial charge in [-0.1, -0.05) is 32.6 Å². The number of rotatable bonds is 8. The molecular weight excluding hydrogens is 192 g/mol. The largest absolute Gasteiger partial charge is 0.415 e. The van der Waals surface area contributed by atoms with Crippen LogP contribution in [0.4, 0.5) is 0 Å². The van der Waals surface area contributed by atoms with Crippen molar-refractivity contribution in [3.63, 3.8) is 0 Å². The quantitative estimate of drug-likeness (QED) is 0.501. The van der Waals surface area contributed by atoms with Gasteiger partial charge < -0.3 is 9.53 Å². The van der Waals surface area contributed by atoms with E-state index in [1.165, 1.54) is 19.3 Å². The molecule has 3 heteroatoms. The first kappa shape index (κ1) is 14.1. The van der Waals surface area contributed by atoms with E-state index in [2.05, 4.69) is 26.6 Å². The second-order valence-corrected chi connectivity index (χ2v) is 9.44. The van der Waals surface area contributed by atoms with Crippen LogP contribution in [-0.4, -0.2) is 26.1 Å². The molecule has 0 rings (SSSR count). The summed E-state index contributed by atoms with van der Waals surface area (Å²) in [6.07, 6.45) is 5.54. The van der Waals surface area contributed by atoms with Gasteiger partial charge in [0.2, 0.25) is 0 Å². The molecule has 0 radical (unpaired) electrons. The van der Waals surface area contributed by atoms with E-state index in [0.717, 1.165) is 12.8 Å². The topological polar surface area (TPSA) is 29.5 Å². The van der Waals surface area contributed by atoms with E-state index in [0.29, 0.717) is 6.61 Å². The Hall–Kier alpha value is 0.137. The average molecular weight is 218 g/mol. The van der Waals surface area contributed by atoms with E-state index >= 15 is 0 Å². The maximum absolute atomic E-state index is 9.61. The van der Waals surface area contributed by atoms with Crippen LogP contribution in [0.2, 0.25) is 19.6 Å². The Morgan fingerprint density at radius 1 is 1.14 bits per heavy atom. The molecular formula is C11H26O2Si. The van der Waals surface area contributed by atoms with E-state index in [1.807, 2.05) is 0 Å². The van der Waals surface area contributed by atoms with Gasteiger partial charge in [-0.15, -0.1) is 0 Å². The Morgan fingerprint density at radius 3 is 2.29 bits per heavy atom. The van der Waals surface area contributed by atoms with Crippen molar-refractivity contribution in [2.45, 2.75) is 64.8 Å². The minimum absolute atomic E-state index is 0.251. The fraction of sp³-hybridized carbons (Fsp3) is 1.00. The van der Waals surface area contributed by atoms with Crippen LogP contribution in [0.1, 0.15) is 39.0 Å². The van der Waals surface area contributed by atoms with Crippen LogP contribution in [0.25, 0.3) is 0 Å². The molecule has 14 heavy (non-hydrogen) atoms. The Morgan fingerprint density at radius 2 is 1.79 bits per heavy atom. The SMILES string of the molecule is CCCCCCC(O)CO[Si](C)(C)C. The summed E-state index contributed by atoms with van der Waals surface area (Å²) >= 11 is 0. The van der Waals surface area contributed by atoms with Gasteiger partial charge >= 0.3 is 0 Å².